The lowest BCUT2D eigenvalue weighted by atomic mass is 9.88. The lowest BCUT2D eigenvalue weighted by Gasteiger charge is -2.17. The van der Waals surface area contributed by atoms with E-state index >= 15 is 0 Å². The molecule has 0 unspecified atom stereocenters. The van der Waals surface area contributed by atoms with Gasteiger partial charge in [0.15, 0.2) is 0 Å². The first kappa shape index (κ1) is 10.9. The van der Waals surface area contributed by atoms with E-state index in [0.29, 0.717) is 0 Å². The molecule has 0 aromatic heterocycles. The third-order valence-corrected chi connectivity index (χ3v) is 3.09. The van der Waals surface area contributed by atoms with Crippen LogP contribution in [0.3, 0.4) is 0 Å². The van der Waals surface area contributed by atoms with Crippen molar-refractivity contribution in [2.24, 2.45) is 0 Å². The molecule has 16 heavy (non-hydrogen) atoms. The average Bonchev–Trinajstić information content (AvgIpc) is 2.39. The minimum absolute atomic E-state index is 0.854. The van der Waals surface area contributed by atoms with Crippen LogP contribution in [0.5, 0.6) is 5.75 Å². The smallest absolute Gasteiger partial charge is 0.146 e. The molecule has 1 aromatic carbocycles. The van der Waals surface area contributed by atoms with Crippen LogP contribution in [-0.4, -0.2) is 13.4 Å². The minimum atomic E-state index is 0.854. The van der Waals surface area contributed by atoms with Gasteiger partial charge in [0.05, 0.1) is 7.11 Å². The summed E-state index contributed by atoms with van der Waals surface area (Å²) in [5.41, 5.74) is 3.34. The van der Waals surface area contributed by atoms with Crippen LogP contribution in [0.2, 0.25) is 0 Å². The van der Waals surface area contributed by atoms with Gasteiger partial charge in [-0.1, -0.05) is 12.1 Å². The van der Waals surface area contributed by atoms with E-state index < -0.39 is 0 Å². The van der Waals surface area contributed by atoms with Gasteiger partial charge in [-0.15, -0.1) is 0 Å². The number of ether oxygens (including phenoxy) is 1. The Labute approximate surface area is 95.9 Å². The van der Waals surface area contributed by atoms with Crippen LogP contribution in [0.1, 0.15) is 31.2 Å². The van der Waals surface area contributed by atoms with Gasteiger partial charge in [0.25, 0.3) is 0 Å². The number of rotatable bonds is 3. The summed E-state index contributed by atoms with van der Waals surface area (Å²) in [6.07, 6.45) is 5.26. The maximum atomic E-state index is 11.0. The molecule has 0 aliphatic heterocycles. The first-order chi connectivity index (χ1) is 7.85. The number of allylic oxidation sites excluding steroid dienone is 2. The molecule has 0 saturated carbocycles. The normalized spacial score (nSPS) is 16.1. The highest BCUT2D eigenvalue weighted by atomic mass is 16.5. The maximum Gasteiger partial charge on any atom is 0.146 e. The highest BCUT2D eigenvalue weighted by Crippen LogP contribution is 2.31. The second-order valence-electron chi connectivity index (χ2n) is 4.06. The summed E-state index contributed by atoms with van der Waals surface area (Å²) in [6, 6.07) is 7.95. The van der Waals surface area contributed by atoms with Crippen LogP contribution >= 0.6 is 0 Å². The van der Waals surface area contributed by atoms with E-state index in [9.17, 15) is 4.79 Å². The quantitative estimate of drug-likeness (QED) is 0.725. The highest BCUT2D eigenvalue weighted by molar-refractivity contribution is 5.88. The molecule has 2 rings (SSSR count). The molecule has 0 radical (unpaired) electrons. The molecule has 1 aliphatic carbocycles. The van der Waals surface area contributed by atoms with Crippen molar-refractivity contribution in [2.45, 2.75) is 25.7 Å². The van der Waals surface area contributed by atoms with Crippen molar-refractivity contribution in [1.82, 2.24) is 0 Å². The average molecular weight is 216 g/mol. The zero-order valence-corrected chi connectivity index (χ0v) is 9.53. The molecule has 1 aliphatic rings. The fourth-order valence-corrected chi connectivity index (χ4v) is 2.18. The van der Waals surface area contributed by atoms with Gasteiger partial charge in [0.2, 0.25) is 0 Å². The van der Waals surface area contributed by atoms with Crippen molar-refractivity contribution in [1.29, 1.82) is 0 Å². The SMILES string of the molecule is COc1ccc(C2=C(C=O)CCCC2)cc1. The Balaban J connectivity index is 2.34. The van der Waals surface area contributed by atoms with E-state index in [4.69, 9.17) is 4.74 Å². The van der Waals surface area contributed by atoms with Crippen molar-refractivity contribution in [3.8, 4) is 5.75 Å². The molecule has 2 nitrogen and oxygen atoms in total. The van der Waals surface area contributed by atoms with Crippen molar-refractivity contribution in [3.63, 3.8) is 0 Å². The predicted octanol–water partition coefficient (Wildman–Crippen LogP) is 3.22. The topological polar surface area (TPSA) is 26.3 Å². The number of hydrogen-bond donors (Lipinski definition) is 0. The number of aldehydes is 1. The van der Waals surface area contributed by atoms with Gasteiger partial charge in [-0.2, -0.15) is 0 Å². The van der Waals surface area contributed by atoms with Gasteiger partial charge in [0.1, 0.15) is 12.0 Å². The standard InChI is InChI=1S/C14H16O2/c1-16-13-8-6-11(7-9-13)14-5-3-2-4-12(14)10-15/h6-10H,2-5H2,1H3. The fourth-order valence-electron chi connectivity index (χ4n) is 2.18. The lowest BCUT2D eigenvalue weighted by molar-refractivity contribution is -0.105. The molecule has 1 aromatic rings. The predicted molar refractivity (Wildman–Crippen MR) is 64.4 cm³/mol. The van der Waals surface area contributed by atoms with Crippen molar-refractivity contribution < 1.29 is 9.53 Å². The second kappa shape index (κ2) is 4.97. The number of hydrogen-bond acceptors (Lipinski definition) is 2. The Bertz CT molecular complexity index is 401. The Morgan fingerprint density at radius 3 is 2.44 bits per heavy atom. The van der Waals surface area contributed by atoms with Crippen LogP contribution in [0.25, 0.3) is 5.57 Å². The Kier molecular flexibility index (Phi) is 3.40. The Hall–Kier alpha value is -1.57. The van der Waals surface area contributed by atoms with Crippen molar-refractivity contribution in [2.75, 3.05) is 7.11 Å². The summed E-state index contributed by atoms with van der Waals surface area (Å²) in [4.78, 5) is 11.0. The largest absolute Gasteiger partial charge is 0.497 e. The van der Waals surface area contributed by atoms with Gasteiger partial charge in [0, 0.05) is 0 Å². The molecule has 0 fully saturated rings. The van der Waals surface area contributed by atoms with Crippen LogP contribution in [0, 0.1) is 0 Å². The third kappa shape index (κ3) is 2.16. The van der Waals surface area contributed by atoms with Gasteiger partial charge in [-0.25, -0.2) is 0 Å². The third-order valence-electron chi connectivity index (χ3n) is 3.09. The van der Waals surface area contributed by atoms with Crippen molar-refractivity contribution >= 4 is 11.9 Å². The number of benzene rings is 1. The summed E-state index contributed by atoms with van der Waals surface area (Å²) in [7, 11) is 1.66. The summed E-state index contributed by atoms with van der Waals surface area (Å²) in [5.74, 6) is 0.854. The molecule has 0 spiro atoms. The van der Waals surface area contributed by atoms with Crippen LogP contribution in [0.15, 0.2) is 29.8 Å². The molecule has 0 atom stereocenters. The van der Waals surface area contributed by atoms with Gasteiger partial charge in [-0.05, 0) is 54.5 Å². The van der Waals surface area contributed by atoms with Crippen LogP contribution in [-0.2, 0) is 4.79 Å². The summed E-state index contributed by atoms with van der Waals surface area (Å²) in [6.45, 7) is 0. The van der Waals surface area contributed by atoms with Gasteiger partial charge < -0.3 is 4.74 Å². The monoisotopic (exact) mass is 216 g/mol. The molecule has 84 valence electrons. The molecule has 2 heteroatoms. The zero-order chi connectivity index (χ0) is 11.4. The summed E-state index contributed by atoms with van der Waals surface area (Å²) >= 11 is 0. The van der Waals surface area contributed by atoms with E-state index in [1.54, 1.807) is 7.11 Å². The molecule has 0 bridgehead atoms. The maximum absolute atomic E-state index is 11.0. The number of carbonyl (C=O) groups is 1. The van der Waals surface area contributed by atoms with E-state index in [1.807, 2.05) is 24.3 Å². The molecular formula is C14H16O2. The molecule has 0 saturated heterocycles. The van der Waals surface area contributed by atoms with Gasteiger partial charge in [-0.3, -0.25) is 4.79 Å². The lowest BCUT2D eigenvalue weighted by Crippen LogP contribution is -2.00. The van der Waals surface area contributed by atoms with Crippen molar-refractivity contribution in [3.05, 3.63) is 35.4 Å². The summed E-state index contributed by atoms with van der Waals surface area (Å²) < 4.78 is 5.12. The molecule has 0 N–H and O–H groups in total. The first-order valence-electron chi connectivity index (χ1n) is 5.67. The first-order valence-corrected chi connectivity index (χ1v) is 5.67. The van der Waals surface area contributed by atoms with E-state index in [1.165, 1.54) is 12.0 Å². The Morgan fingerprint density at radius 1 is 1.12 bits per heavy atom. The summed E-state index contributed by atoms with van der Waals surface area (Å²) in [5, 5.41) is 0. The molecular weight excluding hydrogens is 200 g/mol. The second-order valence-corrected chi connectivity index (χ2v) is 4.06. The van der Waals surface area contributed by atoms with Crippen LogP contribution in [0.4, 0.5) is 0 Å². The Morgan fingerprint density at radius 2 is 1.81 bits per heavy atom. The number of carbonyl (C=O) groups excluding carboxylic acids is 1. The van der Waals surface area contributed by atoms with E-state index in [0.717, 1.165) is 42.4 Å². The molecule has 0 heterocycles. The fraction of sp³-hybridized carbons (Fsp3) is 0.357. The van der Waals surface area contributed by atoms with Gasteiger partial charge >= 0.3 is 0 Å². The minimum Gasteiger partial charge on any atom is -0.497 e. The number of methoxy groups -OCH3 is 1. The van der Waals surface area contributed by atoms with E-state index in [-0.39, 0.29) is 0 Å². The highest BCUT2D eigenvalue weighted by Gasteiger charge is 2.13. The molecule has 0 amide bonds. The zero-order valence-electron chi connectivity index (χ0n) is 9.53. The van der Waals surface area contributed by atoms with E-state index in [2.05, 4.69) is 0 Å². The van der Waals surface area contributed by atoms with Crippen LogP contribution < -0.4 is 4.74 Å².